The number of hydrogen-bond acceptors (Lipinski definition) is 3. The highest BCUT2D eigenvalue weighted by atomic mass is 16.5. The monoisotopic (exact) mass is 332 g/mol. The topological polar surface area (TPSA) is 53.3 Å². The number of nitrogens with zero attached hydrogens (tertiary/aromatic N) is 2. The third-order valence-electron chi connectivity index (χ3n) is 4.23. The number of ether oxygens (including phenoxy) is 1. The Kier molecular flexibility index (Phi) is 4.85. The average Bonchev–Trinajstić information content (AvgIpc) is 2.65. The summed E-state index contributed by atoms with van der Waals surface area (Å²) < 4.78 is 5.72. The van der Waals surface area contributed by atoms with Crippen molar-refractivity contribution in [3.63, 3.8) is 0 Å². The van der Waals surface area contributed by atoms with E-state index < -0.39 is 0 Å². The second-order valence-electron chi connectivity index (χ2n) is 6.33. The maximum Gasteiger partial charge on any atom is 0.253 e. The van der Waals surface area contributed by atoms with Crippen LogP contribution in [-0.2, 0) is 11.3 Å². The zero-order chi connectivity index (χ0) is 17.8. The highest BCUT2D eigenvalue weighted by molar-refractivity contribution is 5.99. The first-order valence-electron chi connectivity index (χ1n) is 8.31. The molecule has 1 amide bonds. The van der Waals surface area contributed by atoms with E-state index in [0.717, 1.165) is 16.9 Å². The Morgan fingerprint density at radius 1 is 1.20 bits per heavy atom. The fraction of sp³-hybridized carbons (Fsp3) is 0.238. The first-order chi connectivity index (χ1) is 12.1. The van der Waals surface area contributed by atoms with Crippen molar-refractivity contribution in [2.24, 2.45) is 0 Å². The van der Waals surface area contributed by atoms with Crippen molar-refractivity contribution in [1.82, 2.24) is 4.90 Å². The van der Waals surface area contributed by atoms with Crippen LogP contribution < -0.4 is 4.74 Å². The molecule has 0 unspecified atom stereocenters. The van der Waals surface area contributed by atoms with Crippen molar-refractivity contribution in [2.45, 2.75) is 26.4 Å². The maximum atomic E-state index is 13.0. The number of fused-ring (bicyclic) bond motifs is 1. The molecule has 0 bridgehead atoms. The van der Waals surface area contributed by atoms with Crippen molar-refractivity contribution in [3.05, 3.63) is 70.8 Å². The standard InChI is InChI=1S/C21H20N2O2/c1-15(2)23(13-17-9-7-16(12-22)8-10-17)21(24)19-11-18-5-3-4-6-20(18)25-14-19/h3-11,15H,13-14H2,1-2H3. The number of para-hydroxylation sites is 1. The molecule has 0 atom stereocenters. The van der Waals surface area contributed by atoms with Crippen LogP contribution in [0.3, 0.4) is 0 Å². The van der Waals surface area contributed by atoms with Crippen LogP contribution in [0.5, 0.6) is 5.75 Å². The van der Waals surface area contributed by atoms with Gasteiger partial charge in [0.25, 0.3) is 5.91 Å². The summed E-state index contributed by atoms with van der Waals surface area (Å²) in [5.74, 6) is 0.788. The third-order valence-corrected chi connectivity index (χ3v) is 4.23. The molecule has 0 fully saturated rings. The predicted octanol–water partition coefficient (Wildman–Crippen LogP) is 3.77. The molecule has 0 radical (unpaired) electrons. The SMILES string of the molecule is CC(C)N(Cc1ccc(C#N)cc1)C(=O)C1=Cc2ccccc2OC1. The molecule has 25 heavy (non-hydrogen) atoms. The molecule has 1 heterocycles. The van der Waals surface area contributed by atoms with Gasteiger partial charge in [-0.05, 0) is 43.7 Å². The van der Waals surface area contributed by atoms with Gasteiger partial charge in [0.05, 0.1) is 17.2 Å². The lowest BCUT2D eigenvalue weighted by molar-refractivity contribution is -0.129. The molecule has 1 aliphatic heterocycles. The summed E-state index contributed by atoms with van der Waals surface area (Å²) in [6.45, 7) is 4.78. The molecule has 4 heteroatoms. The molecule has 0 N–H and O–H groups in total. The molecular formula is C21H20N2O2. The maximum absolute atomic E-state index is 13.0. The van der Waals surface area contributed by atoms with Gasteiger partial charge in [-0.1, -0.05) is 30.3 Å². The summed E-state index contributed by atoms with van der Waals surface area (Å²) in [7, 11) is 0. The lowest BCUT2D eigenvalue weighted by Gasteiger charge is -2.29. The first kappa shape index (κ1) is 16.8. The number of carbonyl (C=O) groups is 1. The van der Waals surface area contributed by atoms with E-state index in [9.17, 15) is 4.79 Å². The summed E-state index contributed by atoms with van der Waals surface area (Å²) in [6, 6.07) is 17.2. The van der Waals surface area contributed by atoms with Gasteiger partial charge in [-0.2, -0.15) is 5.26 Å². The quantitative estimate of drug-likeness (QED) is 0.856. The summed E-state index contributed by atoms with van der Waals surface area (Å²) in [6.07, 6.45) is 1.91. The largest absolute Gasteiger partial charge is 0.488 e. The van der Waals surface area contributed by atoms with E-state index in [-0.39, 0.29) is 18.6 Å². The Morgan fingerprint density at radius 3 is 2.60 bits per heavy atom. The fourth-order valence-corrected chi connectivity index (χ4v) is 2.79. The number of amides is 1. The number of hydrogen-bond donors (Lipinski definition) is 0. The van der Waals surface area contributed by atoms with E-state index in [2.05, 4.69) is 6.07 Å². The van der Waals surface area contributed by atoms with Gasteiger partial charge in [0.15, 0.2) is 0 Å². The van der Waals surface area contributed by atoms with E-state index in [0.29, 0.717) is 17.7 Å². The Hall–Kier alpha value is -3.06. The van der Waals surface area contributed by atoms with Crippen molar-refractivity contribution in [1.29, 1.82) is 5.26 Å². The lowest BCUT2D eigenvalue weighted by Crippen LogP contribution is -2.38. The van der Waals surface area contributed by atoms with Crippen LogP contribution in [0.1, 0.15) is 30.5 Å². The zero-order valence-corrected chi connectivity index (χ0v) is 14.4. The minimum Gasteiger partial charge on any atom is -0.488 e. The van der Waals surface area contributed by atoms with Crippen molar-refractivity contribution in [3.8, 4) is 11.8 Å². The average molecular weight is 332 g/mol. The molecule has 0 aliphatic carbocycles. The molecule has 3 rings (SSSR count). The molecule has 0 saturated heterocycles. The smallest absolute Gasteiger partial charge is 0.253 e. The predicted molar refractivity (Wildman–Crippen MR) is 96.8 cm³/mol. The van der Waals surface area contributed by atoms with Gasteiger partial charge in [-0.15, -0.1) is 0 Å². The number of benzene rings is 2. The van der Waals surface area contributed by atoms with Crippen LogP contribution in [0.4, 0.5) is 0 Å². The Morgan fingerprint density at radius 2 is 1.92 bits per heavy atom. The minimum atomic E-state index is -0.0196. The summed E-state index contributed by atoms with van der Waals surface area (Å²) in [5.41, 5.74) is 3.20. The Bertz CT molecular complexity index is 845. The van der Waals surface area contributed by atoms with Gasteiger partial charge in [0, 0.05) is 18.2 Å². The number of nitriles is 1. The van der Waals surface area contributed by atoms with Crippen LogP contribution in [-0.4, -0.2) is 23.5 Å². The molecule has 0 aromatic heterocycles. The number of rotatable bonds is 4. The van der Waals surface area contributed by atoms with Crippen LogP contribution in [0.15, 0.2) is 54.1 Å². The van der Waals surface area contributed by atoms with Gasteiger partial charge in [0.2, 0.25) is 0 Å². The normalized spacial score (nSPS) is 12.6. The molecule has 0 saturated carbocycles. The van der Waals surface area contributed by atoms with Crippen molar-refractivity contribution >= 4 is 12.0 Å². The zero-order valence-electron chi connectivity index (χ0n) is 14.4. The van der Waals surface area contributed by atoms with Crippen molar-refractivity contribution < 1.29 is 9.53 Å². The van der Waals surface area contributed by atoms with Crippen LogP contribution in [0, 0.1) is 11.3 Å². The van der Waals surface area contributed by atoms with Gasteiger partial charge < -0.3 is 9.64 Å². The van der Waals surface area contributed by atoms with E-state index in [4.69, 9.17) is 10.00 Å². The second kappa shape index (κ2) is 7.23. The van der Waals surface area contributed by atoms with Crippen molar-refractivity contribution in [2.75, 3.05) is 6.61 Å². The van der Waals surface area contributed by atoms with E-state index >= 15 is 0 Å². The van der Waals surface area contributed by atoms with Crippen LogP contribution >= 0.6 is 0 Å². The van der Waals surface area contributed by atoms with E-state index in [1.165, 1.54) is 0 Å². The second-order valence-corrected chi connectivity index (χ2v) is 6.33. The molecule has 2 aromatic rings. The minimum absolute atomic E-state index is 0.0196. The Balaban J connectivity index is 1.82. The summed E-state index contributed by atoms with van der Waals surface area (Å²) in [5, 5.41) is 8.90. The van der Waals surface area contributed by atoms with Crippen LogP contribution in [0.2, 0.25) is 0 Å². The molecular weight excluding hydrogens is 312 g/mol. The molecule has 4 nitrogen and oxygen atoms in total. The van der Waals surface area contributed by atoms with Crippen LogP contribution in [0.25, 0.3) is 6.08 Å². The highest BCUT2D eigenvalue weighted by Gasteiger charge is 2.24. The molecule has 1 aliphatic rings. The van der Waals surface area contributed by atoms with Gasteiger partial charge in [-0.3, -0.25) is 4.79 Å². The van der Waals surface area contributed by atoms with Gasteiger partial charge >= 0.3 is 0 Å². The van der Waals surface area contributed by atoms with E-state index in [1.807, 2.05) is 61.2 Å². The van der Waals surface area contributed by atoms with Gasteiger partial charge in [0.1, 0.15) is 12.4 Å². The highest BCUT2D eigenvalue weighted by Crippen LogP contribution is 2.27. The molecule has 126 valence electrons. The summed E-state index contributed by atoms with van der Waals surface area (Å²) >= 11 is 0. The number of carbonyl (C=O) groups excluding carboxylic acids is 1. The fourth-order valence-electron chi connectivity index (χ4n) is 2.79. The molecule has 2 aromatic carbocycles. The van der Waals surface area contributed by atoms with E-state index in [1.54, 1.807) is 12.1 Å². The first-order valence-corrected chi connectivity index (χ1v) is 8.31. The third kappa shape index (κ3) is 3.72. The Labute approximate surface area is 148 Å². The van der Waals surface area contributed by atoms with Gasteiger partial charge in [-0.25, -0.2) is 0 Å². The summed E-state index contributed by atoms with van der Waals surface area (Å²) in [4.78, 5) is 14.8. The molecule has 0 spiro atoms. The lowest BCUT2D eigenvalue weighted by atomic mass is 10.1.